The van der Waals surface area contributed by atoms with Gasteiger partial charge < -0.3 is 14.6 Å². The van der Waals surface area contributed by atoms with Crippen molar-refractivity contribution in [3.63, 3.8) is 0 Å². The zero-order valence-electron chi connectivity index (χ0n) is 15.6. The molecule has 2 heterocycles. The van der Waals surface area contributed by atoms with Crippen LogP contribution in [0.15, 0.2) is 51.4 Å². The number of nitrogens with one attached hydrogen (secondary N) is 1. The van der Waals surface area contributed by atoms with Gasteiger partial charge in [-0.3, -0.25) is 9.59 Å². The molecule has 1 aliphatic heterocycles. The molecule has 6 heteroatoms. The predicted molar refractivity (Wildman–Crippen MR) is 112 cm³/mol. The van der Waals surface area contributed by atoms with E-state index in [1.54, 1.807) is 0 Å². The quantitative estimate of drug-likeness (QED) is 0.600. The topological polar surface area (TPSA) is 62.6 Å². The van der Waals surface area contributed by atoms with Crippen molar-refractivity contribution >= 4 is 44.4 Å². The van der Waals surface area contributed by atoms with Gasteiger partial charge in [-0.2, -0.15) is 0 Å². The molecule has 1 fully saturated rings. The summed E-state index contributed by atoms with van der Waals surface area (Å²) in [5.74, 6) is 0.227. The number of rotatable bonds is 4. The average Bonchev–Trinajstić information content (AvgIpc) is 3.00. The first-order valence-electron chi connectivity index (χ1n) is 9.38. The van der Waals surface area contributed by atoms with E-state index in [2.05, 4.69) is 21.2 Å². The number of likely N-dealkylation sites (tertiary alicyclic amines) is 1. The summed E-state index contributed by atoms with van der Waals surface area (Å²) in [6.45, 7) is 3.25. The van der Waals surface area contributed by atoms with Crippen LogP contribution in [0.4, 0.5) is 5.69 Å². The number of carbonyl (C=O) groups excluding carboxylic acids is 2. The lowest BCUT2D eigenvalue weighted by atomic mass is 10.1. The fraction of sp³-hybridized carbons (Fsp3) is 0.273. The van der Waals surface area contributed by atoms with Crippen LogP contribution in [0.5, 0.6) is 0 Å². The third-order valence-electron chi connectivity index (χ3n) is 5.08. The zero-order valence-corrected chi connectivity index (χ0v) is 17.2. The molecule has 0 saturated carbocycles. The van der Waals surface area contributed by atoms with Gasteiger partial charge in [-0.05, 0) is 55.7 Å². The molecule has 0 atom stereocenters. The zero-order chi connectivity index (χ0) is 19.7. The summed E-state index contributed by atoms with van der Waals surface area (Å²) >= 11 is 3.45. The Bertz CT molecular complexity index is 1060. The Morgan fingerprint density at radius 3 is 2.89 bits per heavy atom. The van der Waals surface area contributed by atoms with Crippen molar-refractivity contribution in [2.75, 3.05) is 11.9 Å². The van der Waals surface area contributed by atoms with E-state index in [0.29, 0.717) is 30.0 Å². The van der Waals surface area contributed by atoms with Gasteiger partial charge in [-0.1, -0.05) is 28.1 Å². The van der Waals surface area contributed by atoms with E-state index in [1.807, 2.05) is 54.3 Å². The van der Waals surface area contributed by atoms with E-state index in [9.17, 15) is 9.59 Å². The van der Waals surface area contributed by atoms with Crippen LogP contribution in [0.3, 0.4) is 0 Å². The number of halogens is 1. The van der Waals surface area contributed by atoms with Crippen LogP contribution in [0.25, 0.3) is 11.0 Å². The van der Waals surface area contributed by atoms with Gasteiger partial charge in [0, 0.05) is 40.6 Å². The van der Waals surface area contributed by atoms with E-state index in [1.165, 1.54) is 0 Å². The lowest BCUT2D eigenvalue weighted by molar-refractivity contribution is -0.133. The molecule has 0 unspecified atom stereocenters. The Hall–Kier alpha value is -2.60. The summed E-state index contributed by atoms with van der Waals surface area (Å²) in [6.07, 6.45) is 2.64. The molecule has 28 heavy (non-hydrogen) atoms. The number of furan rings is 1. The Morgan fingerprint density at radius 1 is 1.21 bits per heavy atom. The summed E-state index contributed by atoms with van der Waals surface area (Å²) in [5, 5.41) is 3.83. The second-order valence-corrected chi connectivity index (χ2v) is 8.04. The first-order valence-corrected chi connectivity index (χ1v) is 10.2. The summed E-state index contributed by atoms with van der Waals surface area (Å²) < 4.78 is 6.71. The molecule has 144 valence electrons. The van der Waals surface area contributed by atoms with Crippen LogP contribution in [-0.2, 0) is 11.3 Å². The summed E-state index contributed by atoms with van der Waals surface area (Å²) in [4.78, 5) is 26.7. The van der Waals surface area contributed by atoms with E-state index in [0.717, 1.165) is 40.4 Å². The smallest absolute Gasteiger partial charge is 0.291 e. The molecule has 1 N–H and O–H groups in total. The Balaban J connectivity index is 1.52. The first-order chi connectivity index (χ1) is 13.5. The Morgan fingerprint density at radius 2 is 2.07 bits per heavy atom. The molecule has 0 aliphatic carbocycles. The minimum atomic E-state index is -0.281. The van der Waals surface area contributed by atoms with Gasteiger partial charge in [0.25, 0.3) is 5.91 Å². The monoisotopic (exact) mass is 440 g/mol. The van der Waals surface area contributed by atoms with E-state index in [-0.39, 0.29) is 11.8 Å². The van der Waals surface area contributed by atoms with Gasteiger partial charge in [0.15, 0.2) is 5.76 Å². The number of hydrogen-bond donors (Lipinski definition) is 1. The molecular formula is C22H21BrN2O3. The van der Waals surface area contributed by atoms with Gasteiger partial charge in [-0.25, -0.2) is 0 Å². The number of aryl methyl sites for hydroxylation is 1. The molecule has 1 aliphatic rings. The number of fused-ring (bicyclic) bond motifs is 1. The third kappa shape index (κ3) is 3.83. The maximum absolute atomic E-state index is 12.8. The molecule has 2 aromatic carbocycles. The summed E-state index contributed by atoms with van der Waals surface area (Å²) in [6, 6.07) is 13.3. The van der Waals surface area contributed by atoms with Crippen LogP contribution >= 0.6 is 15.9 Å². The van der Waals surface area contributed by atoms with Gasteiger partial charge in [-0.15, -0.1) is 0 Å². The summed E-state index contributed by atoms with van der Waals surface area (Å²) in [7, 11) is 0. The minimum Gasteiger partial charge on any atom is -0.451 e. The molecule has 0 radical (unpaired) electrons. The number of nitrogens with zero attached hydrogens (tertiary/aromatic N) is 1. The molecule has 3 aromatic rings. The van der Waals surface area contributed by atoms with Crippen LogP contribution in [0, 0.1) is 6.92 Å². The predicted octanol–water partition coefficient (Wildman–Crippen LogP) is 5.27. The second kappa shape index (κ2) is 7.80. The molecule has 0 bridgehead atoms. The van der Waals surface area contributed by atoms with Crippen LogP contribution in [-0.4, -0.2) is 23.3 Å². The molecule has 4 rings (SSSR count). The molecule has 2 amide bonds. The van der Waals surface area contributed by atoms with Gasteiger partial charge in [0.2, 0.25) is 5.91 Å². The van der Waals surface area contributed by atoms with Crippen molar-refractivity contribution < 1.29 is 14.0 Å². The third-order valence-corrected chi connectivity index (χ3v) is 5.58. The second-order valence-electron chi connectivity index (χ2n) is 7.12. The van der Waals surface area contributed by atoms with Crippen LogP contribution in [0.1, 0.15) is 40.9 Å². The highest BCUT2D eigenvalue weighted by molar-refractivity contribution is 9.10. The van der Waals surface area contributed by atoms with Crippen molar-refractivity contribution in [2.24, 2.45) is 0 Å². The Kier molecular flexibility index (Phi) is 5.22. The minimum absolute atomic E-state index is 0.199. The van der Waals surface area contributed by atoms with Gasteiger partial charge in [0.1, 0.15) is 5.58 Å². The largest absolute Gasteiger partial charge is 0.451 e. The highest BCUT2D eigenvalue weighted by atomic mass is 79.9. The highest BCUT2D eigenvalue weighted by Gasteiger charge is 2.20. The fourth-order valence-corrected chi connectivity index (χ4v) is 3.96. The van der Waals surface area contributed by atoms with E-state index in [4.69, 9.17) is 4.42 Å². The maximum Gasteiger partial charge on any atom is 0.291 e. The summed E-state index contributed by atoms with van der Waals surface area (Å²) in [5.41, 5.74) is 3.18. The molecule has 0 spiro atoms. The molecule has 5 nitrogen and oxygen atoms in total. The normalized spacial score (nSPS) is 14.5. The maximum atomic E-state index is 12.8. The van der Waals surface area contributed by atoms with E-state index >= 15 is 0 Å². The number of piperidine rings is 1. The Labute approximate surface area is 171 Å². The van der Waals surface area contributed by atoms with Crippen molar-refractivity contribution in [3.05, 3.63) is 63.8 Å². The SMILES string of the molecule is Cc1c(C(=O)Nc2cccc(CN3CCCCC3=O)c2)oc2ccc(Br)cc12. The van der Waals surface area contributed by atoms with Crippen molar-refractivity contribution in [2.45, 2.75) is 32.7 Å². The molecule has 1 aromatic heterocycles. The average molecular weight is 441 g/mol. The van der Waals surface area contributed by atoms with E-state index < -0.39 is 0 Å². The highest BCUT2D eigenvalue weighted by Crippen LogP contribution is 2.28. The number of benzene rings is 2. The number of hydrogen-bond acceptors (Lipinski definition) is 3. The first kappa shape index (κ1) is 18.7. The van der Waals surface area contributed by atoms with Crippen LogP contribution in [0.2, 0.25) is 0 Å². The number of carbonyl (C=O) groups is 2. The van der Waals surface area contributed by atoms with Gasteiger partial charge in [0.05, 0.1) is 0 Å². The lowest BCUT2D eigenvalue weighted by Gasteiger charge is -2.26. The lowest BCUT2D eigenvalue weighted by Crippen LogP contribution is -2.34. The fourth-order valence-electron chi connectivity index (χ4n) is 3.59. The van der Waals surface area contributed by atoms with Crippen LogP contribution < -0.4 is 5.32 Å². The standard InChI is InChI=1S/C22H21BrN2O3/c1-14-18-12-16(23)8-9-19(18)28-21(14)22(27)24-17-6-4-5-15(11-17)13-25-10-3-2-7-20(25)26/h4-6,8-9,11-12H,2-3,7,10,13H2,1H3,(H,24,27). The molecular weight excluding hydrogens is 420 g/mol. The van der Waals surface area contributed by atoms with Crippen molar-refractivity contribution in [3.8, 4) is 0 Å². The number of amides is 2. The van der Waals surface area contributed by atoms with Gasteiger partial charge >= 0.3 is 0 Å². The molecule has 1 saturated heterocycles. The van der Waals surface area contributed by atoms with Crippen molar-refractivity contribution in [1.29, 1.82) is 0 Å². The number of anilines is 1. The van der Waals surface area contributed by atoms with Crippen molar-refractivity contribution in [1.82, 2.24) is 4.90 Å².